The first-order valence-electron chi connectivity index (χ1n) is 7.78. The molecule has 3 rings (SSSR count). The maximum atomic E-state index is 12.5. The molecule has 0 spiro atoms. The van der Waals surface area contributed by atoms with Crippen LogP contribution in [0.1, 0.15) is 22.0 Å². The van der Waals surface area contributed by atoms with Crippen LogP contribution in [0.4, 0.5) is 11.4 Å². The monoisotopic (exact) mass is 367 g/mol. The van der Waals surface area contributed by atoms with E-state index >= 15 is 0 Å². The third kappa shape index (κ3) is 3.74. The van der Waals surface area contributed by atoms with Crippen LogP contribution in [0.2, 0.25) is 0 Å². The average molecular weight is 367 g/mol. The second kappa shape index (κ2) is 7.38. The highest BCUT2D eigenvalue weighted by molar-refractivity contribution is 7.13. The second-order valence-electron chi connectivity index (χ2n) is 5.66. The van der Waals surface area contributed by atoms with E-state index in [9.17, 15) is 14.7 Å². The molecule has 0 radical (unpaired) electrons. The van der Waals surface area contributed by atoms with Crippen LogP contribution in [-0.2, 0) is 4.79 Å². The average Bonchev–Trinajstić information content (AvgIpc) is 3.17. The highest BCUT2D eigenvalue weighted by Crippen LogP contribution is 2.30. The van der Waals surface area contributed by atoms with E-state index in [0.29, 0.717) is 22.5 Å². The minimum absolute atomic E-state index is 0.327. The van der Waals surface area contributed by atoms with Gasteiger partial charge in [0.1, 0.15) is 0 Å². The molecule has 2 amide bonds. The Morgan fingerprint density at radius 2 is 1.81 bits per heavy atom. The predicted octanol–water partition coefficient (Wildman–Crippen LogP) is 2.77. The summed E-state index contributed by atoms with van der Waals surface area (Å²) in [7, 11) is 0. The lowest BCUT2D eigenvalue weighted by molar-refractivity contribution is -0.126. The van der Waals surface area contributed by atoms with Gasteiger partial charge in [0.15, 0.2) is 6.10 Å². The fourth-order valence-electron chi connectivity index (χ4n) is 2.44. The third-order valence-corrected chi connectivity index (χ3v) is 4.78. The fraction of sp³-hybridized carbons (Fsp3) is 0.0526. The molecule has 1 atom stereocenters. The zero-order valence-corrected chi connectivity index (χ0v) is 14.5. The van der Waals surface area contributed by atoms with Crippen LogP contribution in [0.25, 0.3) is 10.4 Å². The zero-order valence-electron chi connectivity index (χ0n) is 13.7. The lowest BCUT2D eigenvalue weighted by Crippen LogP contribution is -2.21. The molecule has 0 fully saturated rings. The Morgan fingerprint density at radius 3 is 2.42 bits per heavy atom. The van der Waals surface area contributed by atoms with Crippen molar-refractivity contribution in [3.63, 3.8) is 0 Å². The van der Waals surface area contributed by atoms with Gasteiger partial charge in [-0.25, -0.2) is 0 Å². The molecule has 1 heterocycles. The van der Waals surface area contributed by atoms with E-state index in [1.165, 1.54) is 24.3 Å². The van der Waals surface area contributed by atoms with Crippen LogP contribution < -0.4 is 16.8 Å². The molecule has 0 aliphatic heterocycles. The minimum Gasteiger partial charge on any atom is -0.397 e. The van der Waals surface area contributed by atoms with Gasteiger partial charge >= 0.3 is 0 Å². The lowest BCUT2D eigenvalue weighted by Gasteiger charge is -2.11. The topological polar surface area (TPSA) is 118 Å². The van der Waals surface area contributed by atoms with Crippen LogP contribution in [0.3, 0.4) is 0 Å². The van der Waals surface area contributed by atoms with Crippen LogP contribution in [0, 0.1) is 0 Å². The number of nitrogens with two attached hydrogens (primary N) is 2. The number of aliphatic hydroxyl groups is 1. The molecule has 0 saturated carbocycles. The van der Waals surface area contributed by atoms with Crippen LogP contribution in [0.15, 0.2) is 60.0 Å². The molecule has 132 valence electrons. The predicted molar refractivity (Wildman–Crippen MR) is 103 cm³/mol. The molecule has 6 N–H and O–H groups in total. The molecule has 1 unspecified atom stereocenters. The van der Waals surface area contributed by atoms with Crippen LogP contribution in [-0.4, -0.2) is 16.9 Å². The number of nitrogens with one attached hydrogen (secondary N) is 1. The van der Waals surface area contributed by atoms with Crippen molar-refractivity contribution in [1.82, 2.24) is 0 Å². The summed E-state index contributed by atoms with van der Waals surface area (Å²) in [5.41, 5.74) is 13.7. The normalized spacial score (nSPS) is 11.7. The number of primary amides is 1. The number of anilines is 2. The number of hydrogen-bond acceptors (Lipinski definition) is 5. The first-order chi connectivity index (χ1) is 12.5. The molecule has 2 aromatic carbocycles. The molecule has 26 heavy (non-hydrogen) atoms. The molecule has 1 aromatic heterocycles. The maximum Gasteiger partial charge on any atom is 0.255 e. The van der Waals surface area contributed by atoms with Gasteiger partial charge in [0.05, 0.1) is 11.4 Å². The summed E-state index contributed by atoms with van der Waals surface area (Å²) in [4.78, 5) is 24.5. The number of thiophene rings is 1. The maximum absolute atomic E-state index is 12.5. The molecule has 0 aliphatic rings. The van der Waals surface area contributed by atoms with Crippen molar-refractivity contribution in [2.24, 2.45) is 5.73 Å². The second-order valence-corrected chi connectivity index (χ2v) is 6.61. The van der Waals surface area contributed by atoms with Gasteiger partial charge in [0.25, 0.3) is 11.8 Å². The van der Waals surface area contributed by atoms with Crippen LogP contribution >= 0.6 is 11.3 Å². The largest absolute Gasteiger partial charge is 0.397 e. The van der Waals surface area contributed by atoms with Gasteiger partial charge < -0.3 is 21.9 Å². The number of aliphatic hydroxyl groups excluding tert-OH is 1. The Labute approximate surface area is 154 Å². The summed E-state index contributed by atoms with van der Waals surface area (Å²) in [5, 5.41) is 14.4. The van der Waals surface area contributed by atoms with Gasteiger partial charge in [0, 0.05) is 10.4 Å². The summed E-state index contributed by atoms with van der Waals surface area (Å²) < 4.78 is 0. The van der Waals surface area contributed by atoms with Crippen molar-refractivity contribution in [3.8, 4) is 10.4 Å². The molecule has 0 saturated heterocycles. The van der Waals surface area contributed by atoms with Gasteiger partial charge in [-0.1, -0.05) is 24.3 Å². The number of carbonyl (C=O) groups excluding carboxylic acids is 2. The Kier molecular flexibility index (Phi) is 5.01. The highest BCUT2D eigenvalue weighted by Gasteiger charge is 2.15. The van der Waals surface area contributed by atoms with Crippen molar-refractivity contribution < 1.29 is 14.7 Å². The molecule has 7 heteroatoms. The third-order valence-electron chi connectivity index (χ3n) is 3.87. The lowest BCUT2D eigenvalue weighted by atomic mass is 10.1. The smallest absolute Gasteiger partial charge is 0.255 e. The Bertz CT molecular complexity index is 937. The quantitative estimate of drug-likeness (QED) is 0.518. The van der Waals surface area contributed by atoms with E-state index in [4.69, 9.17) is 11.5 Å². The summed E-state index contributed by atoms with van der Waals surface area (Å²) in [5.74, 6) is -1.19. The van der Waals surface area contributed by atoms with E-state index in [1.807, 2.05) is 29.6 Å². The van der Waals surface area contributed by atoms with Crippen molar-refractivity contribution in [2.45, 2.75) is 6.10 Å². The molecular formula is C19H17N3O3S. The van der Waals surface area contributed by atoms with Crippen molar-refractivity contribution >= 4 is 34.5 Å². The molecule has 3 aromatic rings. The summed E-state index contributed by atoms with van der Waals surface area (Å²) in [6.07, 6.45) is -1.40. The van der Waals surface area contributed by atoms with Gasteiger partial charge in [-0.05, 0) is 46.8 Å². The summed E-state index contributed by atoms with van der Waals surface area (Å²) in [6, 6.07) is 15.4. The minimum atomic E-state index is -1.40. The molecule has 6 nitrogen and oxygen atoms in total. The number of carbonyl (C=O) groups is 2. The first-order valence-corrected chi connectivity index (χ1v) is 8.66. The Balaban J connectivity index is 1.79. The number of amides is 2. The fourth-order valence-corrected chi connectivity index (χ4v) is 3.16. The number of rotatable bonds is 5. The first kappa shape index (κ1) is 17.7. The van der Waals surface area contributed by atoms with Gasteiger partial charge in [-0.15, -0.1) is 11.3 Å². The highest BCUT2D eigenvalue weighted by atomic mass is 32.1. The van der Waals surface area contributed by atoms with Crippen molar-refractivity contribution in [3.05, 3.63) is 71.1 Å². The van der Waals surface area contributed by atoms with E-state index in [0.717, 1.165) is 10.4 Å². The molecular weight excluding hydrogens is 350 g/mol. The van der Waals surface area contributed by atoms with E-state index < -0.39 is 12.0 Å². The zero-order chi connectivity index (χ0) is 18.7. The number of benzene rings is 2. The Hall–Kier alpha value is -3.16. The number of nitrogen functional groups attached to an aromatic ring is 1. The van der Waals surface area contributed by atoms with E-state index in [1.54, 1.807) is 17.4 Å². The van der Waals surface area contributed by atoms with E-state index in [2.05, 4.69) is 5.32 Å². The Morgan fingerprint density at radius 1 is 1.08 bits per heavy atom. The van der Waals surface area contributed by atoms with Crippen molar-refractivity contribution in [2.75, 3.05) is 11.1 Å². The number of hydrogen-bond donors (Lipinski definition) is 4. The van der Waals surface area contributed by atoms with Gasteiger partial charge in [-0.2, -0.15) is 0 Å². The SMILES string of the molecule is NC(=O)C(O)c1ccc(C(=O)Nc2cc(-c3cccs3)ccc2N)cc1. The van der Waals surface area contributed by atoms with Gasteiger partial charge in [-0.3, -0.25) is 9.59 Å². The standard InChI is InChI=1S/C19H17N3O3S/c20-14-8-7-13(16-2-1-9-26-16)10-15(14)22-19(25)12-5-3-11(4-6-12)17(23)18(21)24/h1-10,17,23H,20H2,(H2,21,24)(H,22,25). The van der Waals surface area contributed by atoms with Crippen molar-refractivity contribution in [1.29, 1.82) is 0 Å². The summed E-state index contributed by atoms with van der Waals surface area (Å²) in [6.45, 7) is 0. The van der Waals surface area contributed by atoms with E-state index in [-0.39, 0.29) is 5.91 Å². The molecule has 0 bridgehead atoms. The van der Waals surface area contributed by atoms with Gasteiger partial charge in [0.2, 0.25) is 0 Å². The summed E-state index contributed by atoms with van der Waals surface area (Å²) >= 11 is 1.60. The molecule has 0 aliphatic carbocycles. The van der Waals surface area contributed by atoms with Crippen LogP contribution in [0.5, 0.6) is 0 Å².